The Labute approximate surface area is 169 Å². The zero-order chi connectivity index (χ0) is 20.4. The number of nitrogens with one attached hydrogen (secondary N) is 3. The van der Waals surface area contributed by atoms with Crippen molar-refractivity contribution in [2.45, 2.75) is 25.4 Å². The molecule has 2 unspecified atom stereocenters. The molecule has 150 valence electrons. The van der Waals surface area contributed by atoms with E-state index in [0.717, 1.165) is 16.8 Å². The van der Waals surface area contributed by atoms with Gasteiger partial charge in [0.05, 0.1) is 26.5 Å². The van der Waals surface area contributed by atoms with Gasteiger partial charge in [-0.15, -0.1) is 0 Å². The molecule has 0 bridgehead atoms. The Bertz CT molecular complexity index is 1070. The summed E-state index contributed by atoms with van der Waals surface area (Å²) in [5, 5.41) is 8.64. The predicted octanol–water partition coefficient (Wildman–Crippen LogP) is 2.91. The molecule has 2 aromatic carbocycles. The van der Waals surface area contributed by atoms with Crippen LogP contribution in [0, 0.1) is 0 Å². The smallest absolute Gasteiger partial charge is 0.257 e. The number of para-hydroxylation sites is 1. The second-order valence-electron chi connectivity index (χ2n) is 7.06. The Balaban J connectivity index is 1.46. The molecule has 7 nitrogen and oxygen atoms in total. The number of fused-ring (bicyclic) bond motifs is 3. The van der Waals surface area contributed by atoms with E-state index >= 15 is 0 Å². The average molecular weight is 392 g/mol. The van der Waals surface area contributed by atoms with E-state index in [1.807, 2.05) is 18.2 Å². The van der Waals surface area contributed by atoms with Gasteiger partial charge in [-0.25, -0.2) is 5.43 Å². The van der Waals surface area contributed by atoms with Crippen molar-refractivity contribution in [3.8, 4) is 11.5 Å². The number of hydrazone groups is 1. The number of aromatic amines is 1. The van der Waals surface area contributed by atoms with Crippen molar-refractivity contribution in [2.24, 2.45) is 5.10 Å². The van der Waals surface area contributed by atoms with Gasteiger partial charge in [0.15, 0.2) is 11.5 Å². The average Bonchev–Trinajstić information content (AvgIpc) is 3.13. The van der Waals surface area contributed by atoms with Gasteiger partial charge in [-0.2, -0.15) is 5.10 Å². The van der Waals surface area contributed by atoms with Crippen LogP contribution in [0.1, 0.15) is 29.8 Å². The highest BCUT2D eigenvalue weighted by Crippen LogP contribution is 2.31. The SMILES string of the molecule is COc1ccc(/C=N/NC(=O)C2Cc3c([nH]c4ccccc34)C(C)N2)cc1OC. The van der Waals surface area contributed by atoms with Crippen LogP contribution < -0.4 is 20.2 Å². The number of carbonyl (C=O) groups is 1. The van der Waals surface area contributed by atoms with Crippen molar-refractivity contribution in [3.05, 3.63) is 59.3 Å². The van der Waals surface area contributed by atoms with Crippen LogP contribution in [0.25, 0.3) is 10.9 Å². The fraction of sp³-hybridized carbons (Fsp3) is 0.273. The number of amides is 1. The Morgan fingerprint density at radius 3 is 2.76 bits per heavy atom. The van der Waals surface area contributed by atoms with Crippen LogP contribution in [0.15, 0.2) is 47.6 Å². The molecular weight excluding hydrogens is 368 g/mol. The first-order valence-electron chi connectivity index (χ1n) is 9.51. The number of rotatable bonds is 5. The van der Waals surface area contributed by atoms with E-state index in [0.29, 0.717) is 17.9 Å². The van der Waals surface area contributed by atoms with E-state index in [9.17, 15) is 4.79 Å². The van der Waals surface area contributed by atoms with Crippen LogP contribution in [0.3, 0.4) is 0 Å². The van der Waals surface area contributed by atoms with Crippen molar-refractivity contribution in [1.29, 1.82) is 0 Å². The van der Waals surface area contributed by atoms with Gasteiger partial charge in [0.25, 0.3) is 5.91 Å². The number of benzene rings is 2. The lowest BCUT2D eigenvalue weighted by atomic mass is 9.94. The third-order valence-electron chi connectivity index (χ3n) is 5.25. The van der Waals surface area contributed by atoms with Crippen LogP contribution >= 0.6 is 0 Å². The largest absolute Gasteiger partial charge is 0.493 e. The van der Waals surface area contributed by atoms with Crippen LogP contribution in [0.2, 0.25) is 0 Å². The Morgan fingerprint density at radius 1 is 1.17 bits per heavy atom. The number of ether oxygens (including phenoxy) is 2. The highest BCUT2D eigenvalue weighted by atomic mass is 16.5. The number of hydrogen-bond acceptors (Lipinski definition) is 5. The molecule has 0 fully saturated rings. The Kier molecular flexibility index (Phi) is 5.22. The molecule has 3 N–H and O–H groups in total. The molecule has 1 aromatic heterocycles. The minimum atomic E-state index is -0.348. The number of H-pyrrole nitrogens is 1. The van der Waals surface area contributed by atoms with Gasteiger partial charge < -0.3 is 14.5 Å². The van der Waals surface area contributed by atoms with Gasteiger partial charge in [-0.1, -0.05) is 18.2 Å². The first kappa shape index (κ1) is 19.0. The van der Waals surface area contributed by atoms with Crippen LogP contribution in [-0.2, 0) is 11.2 Å². The lowest BCUT2D eigenvalue weighted by Gasteiger charge is -2.27. The molecular formula is C22H24N4O3. The normalized spacial score (nSPS) is 18.6. The molecule has 1 aliphatic heterocycles. The monoisotopic (exact) mass is 392 g/mol. The van der Waals surface area contributed by atoms with E-state index < -0.39 is 0 Å². The van der Waals surface area contributed by atoms with Gasteiger partial charge >= 0.3 is 0 Å². The summed E-state index contributed by atoms with van der Waals surface area (Å²) in [6.07, 6.45) is 2.20. The molecule has 0 spiro atoms. The second kappa shape index (κ2) is 7.97. The fourth-order valence-electron chi connectivity index (χ4n) is 3.81. The number of methoxy groups -OCH3 is 2. The summed E-state index contributed by atoms with van der Waals surface area (Å²) in [7, 11) is 3.17. The van der Waals surface area contributed by atoms with Crippen molar-refractivity contribution in [2.75, 3.05) is 14.2 Å². The molecule has 29 heavy (non-hydrogen) atoms. The van der Waals surface area contributed by atoms with Gasteiger partial charge in [-0.05, 0) is 48.7 Å². The quantitative estimate of drug-likeness (QED) is 0.460. The van der Waals surface area contributed by atoms with Gasteiger partial charge in [0.2, 0.25) is 0 Å². The zero-order valence-corrected chi connectivity index (χ0v) is 16.7. The van der Waals surface area contributed by atoms with E-state index in [2.05, 4.69) is 39.9 Å². The number of nitrogens with zero attached hydrogens (tertiary/aromatic N) is 1. The van der Waals surface area contributed by atoms with Gasteiger partial charge in [0, 0.05) is 22.6 Å². The van der Waals surface area contributed by atoms with Crippen molar-refractivity contribution in [3.63, 3.8) is 0 Å². The maximum Gasteiger partial charge on any atom is 0.257 e. The molecule has 2 heterocycles. The van der Waals surface area contributed by atoms with E-state index in [4.69, 9.17) is 9.47 Å². The molecule has 1 aliphatic rings. The minimum Gasteiger partial charge on any atom is -0.493 e. The van der Waals surface area contributed by atoms with Crippen molar-refractivity contribution >= 4 is 23.0 Å². The van der Waals surface area contributed by atoms with Gasteiger partial charge in [0.1, 0.15) is 0 Å². The fourth-order valence-corrected chi connectivity index (χ4v) is 3.81. The molecule has 2 atom stereocenters. The van der Waals surface area contributed by atoms with Gasteiger partial charge in [-0.3, -0.25) is 10.1 Å². The van der Waals surface area contributed by atoms with E-state index in [-0.39, 0.29) is 18.0 Å². The highest BCUT2D eigenvalue weighted by molar-refractivity contribution is 5.89. The first-order chi connectivity index (χ1) is 14.1. The van der Waals surface area contributed by atoms with Crippen LogP contribution in [0.4, 0.5) is 0 Å². The molecule has 0 saturated carbocycles. The molecule has 3 aromatic rings. The van der Waals surface area contributed by atoms with Crippen LogP contribution in [-0.4, -0.2) is 37.4 Å². The maximum absolute atomic E-state index is 12.7. The Hall–Kier alpha value is -3.32. The zero-order valence-electron chi connectivity index (χ0n) is 16.7. The lowest BCUT2D eigenvalue weighted by Crippen LogP contribution is -2.47. The third-order valence-corrected chi connectivity index (χ3v) is 5.25. The predicted molar refractivity (Wildman–Crippen MR) is 113 cm³/mol. The van der Waals surface area contributed by atoms with E-state index in [1.54, 1.807) is 32.6 Å². The summed E-state index contributed by atoms with van der Waals surface area (Å²) in [4.78, 5) is 16.1. The van der Waals surface area contributed by atoms with Crippen LogP contribution in [0.5, 0.6) is 11.5 Å². The molecule has 4 rings (SSSR count). The number of aromatic nitrogens is 1. The standard InChI is InChI=1S/C22H24N4O3/c1-13-21-16(15-6-4-5-7-17(15)25-21)11-18(24-13)22(27)26-23-12-14-8-9-19(28-2)20(10-14)29-3/h4-10,12-13,18,24-25H,11H2,1-3H3,(H,26,27)/b23-12+. The molecule has 1 amide bonds. The molecule has 7 heteroatoms. The summed E-state index contributed by atoms with van der Waals surface area (Å²) < 4.78 is 10.5. The first-order valence-corrected chi connectivity index (χ1v) is 9.51. The summed E-state index contributed by atoms with van der Waals surface area (Å²) >= 11 is 0. The minimum absolute atomic E-state index is 0.0525. The number of carbonyl (C=O) groups excluding carboxylic acids is 1. The Morgan fingerprint density at radius 2 is 1.97 bits per heavy atom. The maximum atomic E-state index is 12.7. The topological polar surface area (TPSA) is 87.7 Å². The third kappa shape index (κ3) is 3.69. The molecule has 0 radical (unpaired) electrons. The molecule has 0 aliphatic carbocycles. The summed E-state index contributed by atoms with van der Waals surface area (Å²) in [5.74, 6) is 1.09. The summed E-state index contributed by atoms with van der Waals surface area (Å²) in [6, 6.07) is 13.3. The summed E-state index contributed by atoms with van der Waals surface area (Å²) in [5.41, 5.74) is 6.87. The number of hydrogen-bond donors (Lipinski definition) is 3. The van der Waals surface area contributed by atoms with E-state index in [1.165, 1.54) is 10.9 Å². The lowest BCUT2D eigenvalue weighted by molar-refractivity contribution is -0.123. The highest BCUT2D eigenvalue weighted by Gasteiger charge is 2.30. The summed E-state index contributed by atoms with van der Waals surface area (Å²) in [6.45, 7) is 2.06. The second-order valence-corrected chi connectivity index (χ2v) is 7.06. The van der Waals surface area contributed by atoms with Crippen molar-refractivity contribution in [1.82, 2.24) is 15.7 Å². The van der Waals surface area contributed by atoms with Crippen molar-refractivity contribution < 1.29 is 14.3 Å². The molecule has 0 saturated heterocycles.